The smallest absolute Gasteiger partial charge is 0.177 e. The minimum atomic E-state index is -3.42. The number of anilines is 3. The lowest BCUT2D eigenvalue weighted by Gasteiger charge is -2.32. The van der Waals surface area contributed by atoms with E-state index in [0.717, 1.165) is 67.1 Å². The second-order valence-electron chi connectivity index (χ2n) is 8.53. The lowest BCUT2D eigenvalue weighted by atomic mass is 10.1. The third kappa shape index (κ3) is 6.60. The van der Waals surface area contributed by atoms with Gasteiger partial charge in [-0.25, -0.2) is 8.42 Å². The Balaban J connectivity index is 1.61. The van der Waals surface area contributed by atoms with Gasteiger partial charge in [-0.05, 0) is 60.5 Å². The molecular weight excluding hydrogens is 512 g/mol. The molecule has 3 aromatic carbocycles. The van der Waals surface area contributed by atoms with E-state index >= 15 is 0 Å². The summed E-state index contributed by atoms with van der Waals surface area (Å²) < 4.78 is 26.6. The van der Waals surface area contributed by atoms with E-state index in [2.05, 4.69) is 48.9 Å². The Morgan fingerprint density at radius 2 is 1.76 bits per heavy atom. The first-order valence-corrected chi connectivity index (χ1v) is 14.2. The lowest BCUT2D eigenvalue weighted by Crippen LogP contribution is -2.44. The molecule has 6 nitrogen and oxygen atoms in total. The summed E-state index contributed by atoms with van der Waals surface area (Å²) in [6.07, 6.45) is 2.01. The molecule has 4 rings (SSSR count). The third-order valence-electron chi connectivity index (χ3n) is 5.88. The van der Waals surface area contributed by atoms with E-state index in [0.29, 0.717) is 10.6 Å². The molecule has 1 saturated heterocycles. The van der Waals surface area contributed by atoms with Crippen LogP contribution in [-0.2, 0) is 22.8 Å². The van der Waals surface area contributed by atoms with E-state index < -0.39 is 9.84 Å². The Bertz CT molecular complexity index is 1210. The number of para-hydroxylation sites is 1. The maximum absolute atomic E-state index is 12.7. The predicted molar refractivity (Wildman–Crippen MR) is 144 cm³/mol. The summed E-state index contributed by atoms with van der Waals surface area (Å²) in [6, 6.07) is 21.8. The largest absolute Gasteiger partial charge is 0.369 e. The van der Waals surface area contributed by atoms with E-state index in [1.807, 2.05) is 54.6 Å². The molecule has 0 aromatic heterocycles. The lowest BCUT2D eigenvalue weighted by molar-refractivity contribution is 0.586. The molecule has 34 heavy (non-hydrogen) atoms. The molecule has 1 heterocycles. The standard InChI is InChI=1S/C26H31BrN4O2S/c1-34(32,33)26-17-21(10-11-29-19-20-6-5-7-22(27)16-20)25(31-14-12-28-13-15-31)18-24(26)30-23-8-3-2-4-9-23/h2-9,16-18,28-30H,10-15,19H2,1H3. The number of halogens is 1. The zero-order valence-corrected chi connectivity index (χ0v) is 21.8. The number of nitrogens with one attached hydrogen (secondary N) is 3. The Morgan fingerprint density at radius 3 is 2.47 bits per heavy atom. The number of hydrogen-bond acceptors (Lipinski definition) is 6. The monoisotopic (exact) mass is 542 g/mol. The van der Waals surface area contributed by atoms with Gasteiger partial charge in [-0.2, -0.15) is 0 Å². The van der Waals surface area contributed by atoms with Gasteiger partial charge >= 0.3 is 0 Å². The zero-order chi connectivity index (χ0) is 24.0. The summed E-state index contributed by atoms with van der Waals surface area (Å²) in [7, 11) is -3.42. The molecule has 1 aliphatic rings. The van der Waals surface area contributed by atoms with Gasteiger partial charge in [0.15, 0.2) is 9.84 Å². The van der Waals surface area contributed by atoms with Crippen molar-refractivity contribution in [2.75, 3.05) is 49.2 Å². The van der Waals surface area contributed by atoms with E-state index in [-0.39, 0.29) is 0 Å². The van der Waals surface area contributed by atoms with Crippen molar-refractivity contribution in [3.8, 4) is 0 Å². The van der Waals surface area contributed by atoms with Crippen LogP contribution >= 0.6 is 15.9 Å². The first-order valence-electron chi connectivity index (χ1n) is 11.5. The maximum atomic E-state index is 12.7. The predicted octanol–water partition coefficient (Wildman–Crippen LogP) is 4.34. The molecule has 0 bridgehead atoms. The second-order valence-corrected chi connectivity index (χ2v) is 11.4. The van der Waals surface area contributed by atoms with Crippen molar-refractivity contribution in [1.29, 1.82) is 0 Å². The van der Waals surface area contributed by atoms with Gasteiger partial charge in [0.05, 0.1) is 10.6 Å². The number of benzene rings is 3. The first-order chi connectivity index (χ1) is 16.4. The van der Waals surface area contributed by atoms with Gasteiger partial charge in [0.2, 0.25) is 0 Å². The summed E-state index contributed by atoms with van der Waals surface area (Å²) in [5.74, 6) is 0. The summed E-state index contributed by atoms with van der Waals surface area (Å²) in [5, 5.41) is 10.2. The first kappa shape index (κ1) is 24.7. The van der Waals surface area contributed by atoms with Crippen LogP contribution in [0.25, 0.3) is 0 Å². The zero-order valence-electron chi connectivity index (χ0n) is 19.4. The molecule has 1 aliphatic heterocycles. The molecule has 3 aromatic rings. The van der Waals surface area contributed by atoms with Crippen LogP contribution in [0.15, 0.2) is 76.1 Å². The van der Waals surface area contributed by atoms with Gasteiger partial charge in [-0.15, -0.1) is 0 Å². The maximum Gasteiger partial charge on any atom is 0.177 e. The average Bonchev–Trinajstić information content (AvgIpc) is 2.83. The SMILES string of the molecule is CS(=O)(=O)c1cc(CCNCc2cccc(Br)c2)c(N2CCNCC2)cc1Nc1ccccc1. The Labute approximate surface area is 210 Å². The molecule has 8 heteroatoms. The highest BCUT2D eigenvalue weighted by molar-refractivity contribution is 9.10. The van der Waals surface area contributed by atoms with E-state index in [1.165, 1.54) is 11.8 Å². The summed E-state index contributed by atoms with van der Waals surface area (Å²) in [6.45, 7) is 5.11. The molecule has 180 valence electrons. The topological polar surface area (TPSA) is 73.5 Å². The summed E-state index contributed by atoms with van der Waals surface area (Å²) in [4.78, 5) is 2.68. The highest BCUT2D eigenvalue weighted by atomic mass is 79.9. The van der Waals surface area contributed by atoms with Crippen LogP contribution in [0, 0.1) is 0 Å². The molecule has 0 radical (unpaired) electrons. The molecule has 0 spiro atoms. The minimum absolute atomic E-state index is 0.331. The highest BCUT2D eigenvalue weighted by Gasteiger charge is 2.21. The Kier molecular flexibility index (Phi) is 8.26. The second kappa shape index (κ2) is 11.4. The molecular formula is C26H31BrN4O2S. The third-order valence-corrected chi connectivity index (χ3v) is 7.51. The molecule has 0 saturated carbocycles. The van der Waals surface area contributed by atoms with Crippen LogP contribution in [0.4, 0.5) is 17.1 Å². The van der Waals surface area contributed by atoms with Crippen LogP contribution in [0.2, 0.25) is 0 Å². The van der Waals surface area contributed by atoms with Gasteiger partial charge in [0, 0.05) is 54.8 Å². The summed E-state index contributed by atoms with van der Waals surface area (Å²) >= 11 is 3.52. The van der Waals surface area contributed by atoms with Crippen LogP contribution in [0.1, 0.15) is 11.1 Å². The van der Waals surface area contributed by atoms with E-state index in [4.69, 9.17) is 0 Å². The van der Waals surface area contributed by atoms with Crippen LogP contribution < -0.4 is 20.9 Å². The number of piperazine rings is 1. The molecule has 1 fully saturated rings. The Morgan fingerprint density at radius 1 is 1.00 bits per heavy atom. The average molecular weight is 544 g/mol. The number of rotatable bonds is 9. The van der Waals surface area contributed by atoms with Crippen LogP contribution in [0.5, 0.6) is 0 Å². The van der Waals surface area contributed by atoms with Crippen molar-refractivity contribution in [3.63, 3.8) is 0 Å². The number of hydrogen-bond donors (Lipinski definition) is 3. The quantitative estimate of drug-likeness (QED) is 0.349. The molecule has 3 N–H and O–H groups in total. The normalized spacial score (nSPS) is 14.2. The highest BCUT2D eigenvalue weighted by Crippen LogP contribution is 2.34. The van der Waals surface area contributed by atoms with Gasteiger partial charge in [0.1, 0.15) is 0 Å². The fourth-order valence-electron chi connectivity index (χ4n) is 4.19. The van der Waals surface area contributed by atoms with Gasteiger partial charge in [0.25, 0.3) is 0 Å². The van der Waals surface area contributed by atoms with Crippen molar-refractivity contribution in [2.24, 2.45) is 0 Å². The molecule has 0 amide bonds. The fraction of sp³-hybridized carbons (Fsp3) is 0.308. The van der Waals surface area contributed by atoms with E-state index in [9.17, 15) is 8.42 Å². The van der Waals surface area contributed by atoms with Gasteiger partial charge < -0.3 is 20.9 Å². The van der Waals surface area contributed by atoms with E-state index in [1.54, 1.807) is 0 Å². The molecule has 0 atom stereocenters. The van der Waals surface area contributed by atoms with Crippen molar-refractivity contribution >= 4 is 42.8 Å². The summed E-state index contributed by atoms with van der Waals surface area (Å²) in [5.41, 5.74) is 4.82. The van der Waals surface area contributed by atoms with Gasteiger partial charge in [-0.1, -0.05) is 46.3 Å². The van der Waals surface area contributed by atoms with Crippen molar-refractivity contribution in [2.45, 2.75) is 17.9 Å². The van der Waals surface area contributed by atoms with Crippen molar-refractivity contribution in [3.05, 3.63) is 82.3 Å². The molecule has 0 unspecified atom stereocenters. The van der Waals surface area contributed by atoms with Crippen molar-refractivity contribution < 1.29 is 8.42 Å². The minimum Gasteiger partial charge on any atom is -0.369 e. The fourth-order valence-corrected chi connectivity index (χ4v) is 5.51. The Hall–Kier alpha value is -2.39. The van der Waals surface area contributed by atoms with Gasteiger partial charge in [-0.3, -0.25) is 0 Å². The number of nitrogens with zero attached hydrogens (tertiary/aromatic N) is 1. The van der Waals surface area contributed by atoms with Crippen molar-refractivity contribution in [1.82, 2.24) is 10.6 Å². The van der Waals surface area contributed by atoms with Crippen LogP contribution in [0.3, 0.4) is 0 Å². The van der Waals surface area contributed by atoms with Crippen LogP contribution in [-0.4, -0.2) is 47.4 Å². The molecule has 0 aliphatic carbocycles. The number of sulfone groups is 1.